The van der Waals surface area contributed by atoms with Crippen LogP contribution in [0.25, 0.3) is 6.08 Å². The van der Waals surface area contributed by atoms with Crippen LogP contribution in [0.4, 0.5) is 24.5 Å². The van der Waals surface area contributed by atoms with E-state index < -0.39 is 11.7 Å². The minimum atomic E-state index is -4.49. The van der Waals surface area contributed by atoms with E-state index in [-0.39, 0.29) is 23.4 Å². The van der Waals surface area contributed by atoms with Crippen LogP contribution < -0.4 is 10.2 Å². The summed E-state index contributed by atoms with van der Waals surface area (Å²) in [4.78, 5) is 29.3. The van der Waals surface area contributed by atoms with E-state index in [9.17, 15) is 22.8 Å². The van der Waals surface area contributed by atoms with Gasteiger partial charge in [0.15, 0.2) is 0 Å². The lowest BCUT2D eigenvalue weighted by Gasteiger charge is -2.33. The second-order valence-corrected chi connectivity index (χ2v) is 9.11. The molecule has 5 nitrogen and oxygen atoms in total. The van der Waals surface area contributed by atoms with E-state index in [1.165, 1.54) is 12.1 Å². The number of hydrogen-bond donors (Lipinski definition) is 1. The monoisotopic (exact) mass is 485 g/mol. The van der Waals surface area contributed by atoms with Crippen molar-refractivity contribution in [1.29, 1.82) is 0 Å². The highest BCUT2D eigenvalue weighted by Gasteiger charge is 2.33. The van der Waals surface area contributed by atoms with Crippen LogP contribution in [0.15, 0.2) is 54.6 Å². The minimum absolute atomic E-state index is 0.113. The molecule has 35 heavy (non-hydrogen) atoms. The van der Waals surface area contributed by atoms with Gasteiger partial charge in [0, 0.05) is 38.2 Å². The van der Waals surface area contributed by atoms with Crippen molar-refractivity contribution in [2.24, 2.45) is 5.92 Å². The molecule has 0 aromatic heterocycles. The van der Waals surface area contributed by atoms with Crippen LogP contribution in [0.5, 0.6) is 0 Å². The number of halogens is 3. The van der Waals surface area contributed by atoms with Gasteiger partial charge < -0.3 is 15.1 Å². The molecule has 1 N–H and O–H groups in total. The van der Waals surface area contributed by atoms with Gasteiger partial charge in [-0.2, -0.15) is 13.2 Å². The molecule has 0 bridgehead atoms. The molecule has 0 atom stereocenters. The Bertz CT molecular complexity index is 1060. The average Bonchev–Trinajstić information content (AvgIpc) is 2.88. The number of likely N-dealkylation sites (tertiary alicyclic amines) is 1. The Morgan fingerprint density at radius 3 is 2.26 bits per heavy atom. The molecule has 2 fully saturated rings. The van der Waals surface area contributed by atoms with Gasteiger partial charge in [-0.1, -0.05) is 30.3 Å². The average molecular weight is 486 g/mol. The Morgan fingerprint density at radius 1 is 0.914 bits per heavy atom. The molecular formula is C27H30F3N3O2. The molecule has 0 saturated carbocycles. The first-order valence-electron chi connectivity index (χ1n) is 12.1. The van der Waals surface area contributed by atoms with Crippen LogP contribution in [-0.4, -0.2) is 42.9 Å². The summed E-state index contributed by atoms with van der Waals surface area (Å²) in [6.07, 6.45) is 2.78. The largest absolute Gasteiger partial charge is 0.416 e. The number of nitrogens with one attached hydrogen (secondary N) is 1. The first-order valence-corrected chi connectivity index (χ1v) is 12.1. The molecule has 2 heterocycles. The molecule has 4 rings (SSSR count). The van der Waals surface area contributed by atoms with Gasteiger partial charge in [0.1, 0.15) is 0 Å². The highest BCUT2D eigenvalue weighted by Crippen LogP contribution is 2.37. The predicted molar refractivity (Wildman–Crippen MR) is 131 cm³/mol. The van der Waals surface area contributed by atoms with Crippen LogP contribution in [0.2, 0.25) is 0 Å². The highest BCUT2D eigenvalue weighted by molar-refractivity contribution is 5.96. The smallest absolute Gasteiger partial charge is 0.370 e. The van der Waals surface area contributed by atoms with E-state index in [2.05, 4.69) is 5.32 Å². The summed E-state index contributed by atoms with van der Waals surface area (Å²) in [5.41, 5.74) is 0.987. The first kappa shape index (κ1) is 24.8. The maximum atomic E-state index is 13.4. The van der Waals surface area contributed by atoms with Crippen molar-refractivity contribution in [3.05, 3.63) is 65.7 Å². The van der Waals surface area contributed by atoms with E-state index in [1.807, 2.05) is 35.2 Å². The lowest BCUT2D eigenvalue weighted by atomic mass is 9.95. The zero-order valence-corrected chi connectivity index (χ0v) is 19.6. The summed E-state index contributed by atoms with van der Waals surface area (Å²) in [5, 5.41) is 2.78. The van der Waals surface area contributed by atoms with Crippen molar-refractivity contribution in [3.8, 4) is 0 Å². The molecule has 2 aliphatic rings. The third-order valence-electron chi connectivity index (χ3n) is 6.67. The van der Waals surface area contributed by atoms with Crippen LogP contribution >= 0.6 is 0 Å². The van der Waals surface area contributed by atoms with Crippen molar-refractivity contribution in [3.63, 3.8) is 0 Å². The first-order chi connectivity index (χ1) is 16.8. The number of nitrogens with zero attached hydrogens (tertiary/aromatic N) is 2. The predicted octanol–water partition coefficient (Wildman–Crippen LogP) is 5.59. The van der Waals surface area contributed by atoms with E-state index >= 15 is 0 Å². The zero-order valence-electron chi connectivity index (χ0n) is 19.6. The number of carbonyl (C=O) groups is 2. The number of hydrogen-bond acceptors (Lipinski definition) is 3. The van der Waals surface area contributed by atoms with Gasteiger partial charge in [-0.3, -0.25) is 9.59 Å². The lowest BCUT2D eigenvalue weighted by molar-refractivity contribution is -0.137. The summed E-state index contributed by atoms with van der Waals surface area (Å²) in [7, 11) is 0. The van der Waals surface area contributed by atoms with Gasteiger partial charge in [0.25, 0.3) is 0 Å². The number of benzene rings is 2. The van der Waals surface area contributed by atoms with Gasteiger partial charge in [-0.25, -0.2) is 0 Å². The lowest BCUT2D eigenvalue weighted by Crippen LogP contribution is -2.41. The second-order valence-electron chi connectivity index (χ2n) is 9.11. The van der Waals surface area contributed by atoms with Gasteiger partial charge >= 0.3 is 6.18 Å². The summed E-state index contributed by atoms with van der Waals surface area (Å²) in [6, 6.07) is 13.1. The van der Waals surface area contributed by atoms with Crippen LogP contribution in [-0.2, 0) is 15.8 Å². The number of alkyl halides is 3. The van der Waals surface area contributed by atoms with Crippen LogP contribution in [0, 0.1) is 5.92 Å². The maximum Gasteiger partial charge on any atom is 0.416 e. The van der Waals surface area contributed by atoms with Crippen LogP contribution in [0.3, 0.4) is 0 Å². The second kappa shape index (κ2) is 11.0. The number of rotatable bonds is 5. The summed E-state index contributed by atoms with van der Waals surface area (Å²) < 4.78 is 40.1. The summed E-state index contributed by atoms with van der Waals surface area (Å²) >= 11 is 0. The normalized spacial score (nSPS) is 17.6. The van der Waals surface area contributed by atoms with Crippen molar-refractivity contribution in [1.82, 2.24) is 4.90 Å². The standard InChI is InChI=1S/C27H30F3N3O2/c28-27(29,30)22-10-11-24(32-15-5-2-6-16-32)23(19-22)31-26(35)21-13-17-33(18-14-21)25(34)12-9-20-7-3-1-4-8-20/h1,3-4,7-12,19,21H,2,5-6,13-18H2,(H,31,35). The molecule has 0 spiro atoms. The molecule has 2 amide bonds. The Balaban J connectivity index is 1.39. The molecule has 0 radical (unpaired) electrons. The minimum Gasteiger partial charge on any atom is -0.370 e. The number of anilines is 2. The third kappa shape index (κ3) is 6.44. The molecule has 0 unspecified atom stereocenters. The molecular weight excluding hydrogens is 455 g/mol. The maximum absolute atomic E-state index is 13.4. The Morgan fingerprint density at radius 2 is 1.60 bits per heavy atom. The molecule has 8 heteroatoms. The van der Waals surface area contributed by atoms with Gasteiger partial charge in [-0.15, -0.1) is 0 Å². The third-order valence-corrected chi connectivity index (χ3v) is 6.67. The van der Waals surface area contributed by atoms with Crippen molar-refractivity contribution in [2.45, 2.75) is 38.3 Å². The zero-order chi connectivity index (χ0) is 24.8. The van der Waals surface area contributed by atoms with Crippen molar-refractivity contribution in [2.75, 3.05) is 36.4 Å². The van der Waals surface area contributed by atoms with Gasteiger partial charge in [0.05, 0.1) is 16.9 Å². The van der Waals surface area contributed by atoms with Gasteiger partial charge in [-0.05, 0) is 61.9 Å². The van der Waals surface area contributed by atoms with Crippen molar-refractivity contribution < 1.29 is 22.8 Å². The molecule has 2 aromatic rings. The fourth-order valence-electron chi connectivity index (χ4n) is 4.66. The Kier molecular flexibility index (Phi) is 7.78. The fourth-order valence-corrected chi connectivity index (χ4v) is 4.66. The van der Waals surface area contributed by atoms with E-state index in [4.69, 9.17) is 0 Å². The summed E-state index contributed by atoms with van der Waals surface area (Å²) in [6.45, 7) is 2.37. The molecule has 186 valence electrons. The van der Waals surface area contributed by atoms with Crippen LogP contribution in [0.1, 0.15) is 43.2 Å². The number of carbonyl (C=O) groups excluding carboxylic acids is 2. The molecule has 2 saturated heterocycles. The topological polar surface area (TPSA) is 52.7 Å². The van der Waals surface area contributed by atoms with E-state index in [0.29, 0.717) is 31.6 Å². The molecule has 0 aliphatic carbocycles. The molecule has 2 aromatic carbocycles. The van der Waals surface area contributed by atoms with E-state index in [0.717, 1.165) is 50.0 Å². The Hall–Kier alpha value is -3.29. The Labute approximate surface area is 203 Å². The van der Waals surface area contributed by atoms with Gasteiger partial charge in [0.2, 0.25) is 11.8 Å². The number of piperidine rings is 2. The fraction of sp³-hybridized carbons (Fsp3) is 0.407. The SMILES string of the molecule is O=C(Nc1cc(C(F)(F)F)ccc1N1CCCCC1)C1CCN(C(=O)C=Cc2ccccc2)CC1. The van der Waals surface area contributed by atoms with E-state index in [1.54, 1.807) is 11.0 Å². The summed E-state index contributed by atoms with van der Waals surface area (Å²) in [5.74, 6) is -0.770. The highest BCUT2D eigenvalue weighted by atomic mass is 19.4. The van der Waals surface area contributed by atoms with Crippen molar-refractivity contribution >= 4 is 29.3 Å². The molecule has 2 aliphatic heterocycles. The number of amides is 2. The quantitative estimate of drug-likeness (QED) is 0.562.